The van der Waals surface area contributed by atoms with Crippen molar-refractivity contribution in [1.82, 2.24) is 9.78 Å². The van der Waals surface area contributed by atoms with Gasteiger partial charge in [-0.15, -0.1) is 0 Å². The number of fused-ring (bicyclic) bond motifs is 1. The third-order valence-electron chi connectivity index (χ3n) is 3.93. The fraction of sp³-hybridized carbons (Fsp3) is 0.263. The summed E-state index contributed by atoms with van der Waals surface area (Å²) in [7, 11) is 0. The maximum absolute atomic E-state index is 12.3. The third kappa shape index (κ3) is 4.09. The lowest BCUT2D eigenvalue weighted by Crippen LogP contribution is -2.10. The van der Waals surface area contributed by atoms with Gasteiger partial charge in [0, 0.05) is 12.7 Å². The van der Waals surface area contributed by atoms with Gasteiger partial charge in [-0.1, -0.05) is 0 Å². The number of nitrogens with zero attached hydrogens (tertiary/aromatic N) is 2. The third-order valence-corrected chi connectivity index (χ3v) is 3.93. The molecule has 0 saturated heterocycles. The van der Waals surface area contributed by atoms with Crippen molar-refractivity contribution in [3.8, 4) is 17.2 Å². The van der Waals surface area contributed by atoms with Crippen LogP contribution in [0.1, 0.15) is 23.2 Å². The first kappa shape index (κ1) is 17.9. The van der Waals surface area contributed by atoms with E-state index in [4.69, 9.17) is 23.4 Å². The molecule has 9 heteroatoms. The van der Waals surface area contributed by atoms with Gasteiger partial charge in [-0.2, -0.15) is 5.10 Å². The van der Waals surface area contributed by atoms with Crippen LogP contribution in [0.4, 0.5) is 5.69 Å². The molecule has 1 aliphatic rings. The SMILES string of the molecule is CCOCn1cc(NC(=O)c2ccc(COc3ccc4c(c3)OCO4)o2)cn1. The van der Waals surface area contributed by atoms with Crippen molar-refractivity contribution in [2.45, 2.75) is 20.3 Å². The maximum atomic E-state index is 12.3. The molecular weight excluding hydrogens is 366 g/mol. The highest BCUT2D eigenvalue weighted by Gasteiger charge is 2.15. The zero-order valence-electron chi connectivity index (χ0n) is 15.2. The number of benzene rings is 1. The number of nitrogens with one attached hydrogen (secondary N) is 1. The standard InChI is InChI=1S/C19H19N3O6/c1-2-24-11-22-9-13(8-20-22)21-19(23)17-6-4-15(28-17)10-25-14-3-5-16-18(7-14)27-12-26-16/h3-9H,2,10-12H2,1H3,(H,21,23). The molecule has 3 heterocycles. The minimum absolute atomic E-state index is 0.180. The van der Waals surface area contributed by atoms with Crippen LogP contribution in [-0.4, -0.2) is 29.1 Å². The average Bonchev–Trinajstić information content (AvgIpc) is 3.44. The van der Waals surface area contributed by atoms with E-state index < -0.39 is 0 Å². The Hall–Kier alpha value is -3.46. The van der Waals surface area contributed by atoms with Crippen LogP contribution in [-0.2, 0) is 18.1 Å². The first-order valence-corrected chi connectivity index (χ1v) is 8.74. The smallest absolute Gasteiger partial charge is 0.291 e. The Morgan fingerprint density at radius 2 is 2.14 bits per heavy atom. The summed E-state index contributed by atoms with van der Waals surface area (Å²) in [5, 5.41) is 6.83. The lowest BCUT2D eigenvalue weighted by Gasteiger charge is -2.05. The molecular formula is C19H19N3O6. The molecule has 0 atom stereocenters. The number of rotatable bonds is 8. The van der Waals surface area contributed by atoms with Crippen molar-refractivity contribution in [3.05, 3.63) is 54.2 Å². The summed E-state index contributed by atoms with van der Waals surface area (Å²) in [4.78, 5) is 12.3. The fourth-order valence-electron chi connectivity index (χ4n) is 2.57. The van der Waals surface area contributed by atoms with Gasteiger partial charge in [-0.25, -0.2) is 4.68 Å². The van der Waals surface area contributed by atoms with Crippen molar-refractivity contribution in [1.29, 1.82) is 0 Å². The lowest BCUT2D eigenvalue weighted by molar-refractivity contribution is 0.0792. The van der Waals surface area contributed by atoms with Gasteiger partial charge in [0.05, 0.1) is 18.1 Å². The van der Waals surface area contributed by atoms with E-state index in [-0.39, 0.29) is 25.1 Å². The molecule has 0 fully saturated rings. The quantitative estimate of drug-likeness (QED) is 0.636. The predicted molar refractivity (Wildman–Crippen MR) is 97.4 cm³/mol. The van der Waals surface area contributed by atoms with Gasteiger partial charge < -0.3 is 28.7 Å². The van der Waals surface area contributed by atoms with Gasteiger partial charge >= 0.3 is 0 Å². The topological polar surface area (TPSA) is 97.0 Å². The molecule has 1 aliphatic heterocycles. The van der Waals surface area contributed by atoms with Crippen LogP contribution in [0.3, 0.4) is 0 Å². The number of carbonyl (C=O) groups excluding carboxylic acids is 1. The van der Waals surface area contributed by atoms with Crippen molar-refractivity contribution in [2.75, 3.05) is 18.7 Å². The van der Waals surface area contributed by atoms with Gasteiger partial charge in [0.25, 0.3) is 5.91 Å². The molecule has 1 aromatic carbocycles. The second-order valence-electron chi connectivity index (χ2n) is 5.91. The summed E-state index contributed by atoms with van der Waals surface area (Å²) in [6.45, 7) is 3.20. The highest BCUT2D eigenvalue weighted by molar-refractivity contribution is 6.02. The van der Waals surface area contributed by atoms with E-state index in [0.29, 0.717) is 42.0 Å². The summed E-state index contributed by atoms with van der Waals surface area (Å²) in [5.74, 6) is 2.28. The van der Waals surface area contributed by atoms with Crippen molar-refractivity contribution in [3.63, 3.8) is 0 Å². The number of anilines is 1. The zero-order valence-corrected chi connectivity index (χ0v) is 15.2. The van der Waals surface area contributed by atoms with Crippen LogP contribution >= 0.6 is 0 Å². The molecule has 1 amide bonds. The predicted octanol–water partition coefficient (Wildman–Crippen LogP) is 3.03. The largest absolute Gasteiger partial charge is 0.486 e. The molecule has 2 aromatic heterocycles. The Morgan fingerprint density at radius 3 is 3.04 bits per heavy atom. The van der Waals surface area contributed by atoms with Crippen molar-refractivity contribution < 1.29 is 28.2 Å². The van der Waals surface area contributed by atoms with E-state index >= 15 is 0 Å². The molecule has 0 saturated carbocycles. The van der Waals surface area contributed by atoms with Gasteiger partial charge in [0.1, 0.15) is 24.8 Å². The molecule has 0 unspecified atom stereocenters. The summed E-state index contributed by atoms with van der Waals surface area (Å²) in [5.41, 5.74) is 0.555. The Bertz CT molecular complexity index is 964. The highest BCUT2D eigenvalue weighted by Crippen LogP contribution is 2.35. The molecule has 28 heavy (non-hydrogen) atoms. The normalized spacial score (nSPS) is 12.2. The molecule has 0 aliphatic carbocycles. The molecule has 146 valence electrons. The van der Waals surface area contributed by atoms with Crippen LogP contribution in [0.25, 0.3) is 0 Å². The minimum Gasteiger partial charge on any atom is -0.486 e. The molecule has 4 rings (SSSR count). The van der Waals surface area contributed by atoms with E-state index in [1.165, 1.54) is 0 Å². The number of hydrogen-bond donors (Lipinski definition) is 1. The van der Waals surface area contributed by atoms with Gasteiger partial charge in [0.2, 0.25) is 6.79 Å². The van der Waals surface area contributed by atoms with Gasteiger partial charge in [-0.3, -0.25) is 4.79 Å². The number of aromatic nitrogens is 2. The first-order chi connectivity index (χ1) is 13.7. The monoisotopic (exact) mass is 385 g/mol. The summed E-state index contributed by atoms with van der Waals surface area (Å²) < 4.78 is 28.7. The van der Waals surface area contributed by atoms with Crippen LogP contribution in [0.5, 0.6) is 17.2 Å². The number of amides is 1. The number of furan rings is 1. The molecule has 1 N–H and O–H groups in total. The fourth-order valence-corrected chi connectivity index (χ4v) is 2.57. The van der Waals surface area contributed by atoms with Crippen LogP contribution in [0, 0.1) is 0 Å². The molecule has 0 spiro atoms. The van der Waals surface area contributed by atoms with Gasteiger partial charge in [0.15, 0.2) is 17.3 Å². The second-order valence-corrected chi connectivity index (χ2v) is 5.91. The Balaban J connectivity index is 1.32. The van der Waals surface area contributed by atoms with E-state index in [1.807, 2.05) is 6.92 Å². The lowest BCUT2D eigenvalue weighted by atomic mass is 10.3. The van der Waals surface area contributed by atoms with E-state index in [2.05, 4.69) is 10.4 Å². The Labute approximate surface area is 160 Å². The van der Waals surface area contributed by atoms with E-state index in [9.17, 15) is 4.79 Å². The molecule has 9 nitrogen and oxygen atoms in total. The average molecular weight is 385 g/mol. The number of hydrogen-bond acceptors (Lipinski definition) is 7. The van der Waals surface area contributed by atoms with Crippen LogP contribution in [0.15, 0.2) is 47.1 Å². The van der Waals surface area contributed by atoms with Crippen LogP contribution in [0.2, 0.25) is 0 Å². The minimum atomic E-state index is -0.370. The molecule has 0 bridgehead atoms. The van der Waals surface area contributed by atoms with E-state index in [0.717, 1.165) is 0 Å². The summed E-state index contributed by atoms with van der Waals surface area (Å²) in [6.07, 6.45) is 3.23. The highest BCUT2D eigenvalue weighted by atomic mass is 16.7. The maximum Gasteiger partial charge on any atom is 0.291 e. The second kappa shape index (κ2) is 8.05. The summed E-state index contributed by atoms with van der Waals surface area (Å²) in [6, 6.07) is 8.60. The molecule has 0 radical (unpaired) electrons. The van der Waals surface area contributed by atoms with Gasteiger partial charge in [-0.05, 0) is 31.2 Å². The van der Waals surface area contributed by atoms with Crippen molar-refractivity contribution >= 4 is 11.6 Å². The van der Waals surface area contributed by atoms with Crippen LogP contribution < -0.4 is 19.5 Å². The Kier molecular flexibility index (Phi) is 5.16. The number of ether oxygens (including phenoxy) is 4. The van der Waals surface area contributed by atoms with Crippen molar-refractivity contribution in [2.24, 2.45) is 0 Å². The van der Waals surface area contributed by atoms with E-state index in [1.54, 1.807) is 47.4 Å². The first-order valence-electron chi connectivity index (χ1n) is 8.74. The number of carbonyl (C=O) groups is 1. The zero-order chi connectivity index (χ0) is 19.3. The summed E-state index contributed by atoms with van der Waals surface area (Å²) >= 11 is 0. The Morgan fingerprint density at radius 1 is 1.25 bits per heavy atom. The molecule has 3 aromatic rings.